The second-order valence-electron chi connectivity index (χ2n) is 6.25. The highest BCUT2D eigenvalue weighted by atomic mass is 32.2. The molecule has 1 N–H and O–H groups in total. The van der Waals surface area contributed by atoms with Gasteiger partial charge < -0.3 is 0 Å². The van der Waals surface area contributed by atoms with Crippen LogP contribution in [0.2, 0.25) is 0 Å². The van der Waals surface area contributed by atoms with Gasteiger partial charge in [-0.15, -0.1) is 0 Å². The molecule has 2 aromatic carbocycles. The lowest BCUT2D eigenvalue weighted by Gasteiger charge is -2.24. The second-order valence-corrected chi connectivity index (χ2v) is 8.12. The first-order chi connectivity index (χ1) is 12.2. The van der Waals surface area contributed by atoms with Crippen LogP contribution >= 0.6 is 0 Å². The molecule has 0 radical (unpaired) electrons. The molecule has 0 fully saturated rings. The largest absolute Gasteiger partial charge is 0.271 e. The van der Waals surface area contributed by atoms with E-state index in [0.29, 0.717) is 11.4 Å². The molecule has 0 bridgehead atoms. The smallest absolute Gasteiger partial charge is 0.264 e. The molecule has 0 heterocycles. The molecule has 0 saturated carbocycles. The summed E-state index contributed by atoms with van der Waals surface area (Å²) in [5.41, 5.74) is 5.41. The van der Waals surface area contributed by atoms with Gasteiger partial charge in [0, 0.05) is 5.71 Å². The molecule has 0 atom stereocenters. The van der Waals surface area contributed by atoms with E-state index in [1.54, 1.807) is 50.2 Å². The van der Waals surface area contributed by atoms with Crippen LogP contribution in [-0.4, -0.2) is 26.6 Å². The van der Waals surface area contributed by atoms with Gasteiger partial charge >= 0.3 is 0 Å². The van der Waals surface area contributed by atoms with Crippen LogP contribution in [0.15, 0.2) is 58.5 Å². The molecule has 2 rings (SSSR count). The van der Waals surface area contributed by atoms with Gasteiger partial charge in [0.25, 0.3) is 15.9 Å². The molecule has 0 aromatic heterocycles. The minimum atomic E-state index is -3.89. The van der Waals surface area contributed by atoms with Crippen molar-refractivity contribution in [2.45, 2.75) is 32.6 Å². The molecular weight excluding hydrogens is 350 g/mol. The van der Waals surface area contributed by atoms with Gasteiger partial charge in [-0.05, 0) is 52.0 Å². The molecule has 0 aliphatic carbocycles. The van der Waals surface area contributed by atoms with Crippen molar-refractivity contribution in [2.24, 2.45) is 5.10 Å². The number of hydrogen-bond donors (Lipinski definition) is 1. The summed E-state index contributed by atoms with van der Waals surface area (Å²) < 4.78 is 27.3. The molecule has 0 aliphatic heterocycles. The van der Waals surface area contributed by atoms with E-state index in [-0.39, 0.29) is 11.4 Å². The Hall–Kier alpha value is -2.67. The Kier molecular flexibility index (Phi) is 6.15. The lowest BCUT2D eigenvalue weighted by atomic mass is 10.2. The minimum absolute atomic E-state index is 0.131. The van der Waals surface area contributed by atoms with Gasteiger partial charge in [-0.2, -0.15) is 5.10 Å². The number of carbonyl (C=O) groups excluding carboxylic acids is 1. The molecule has 1 amide bonds. The molecule has 0 aliphatic rings. The summed E-state index contributed by atoms with van der Waals surface area (Å²) in [5.74, 6) is -0.512. The van der Waals surface area contributed by atoms with Crippen LogP contribution in [0.1, 0.15) is 25.0 Å². The van der Waals surface area contributed by atoms with Gasteiger partial charge in [0.1, 0.15) is 6.54 Å². The molecule has 7 heteroatoms. The third-order valence-corrected chi connectivity index (χ3v) is 5.41. The average Bonchev–Trinajstić information content (AvgIpc) is 2.59. The van der Waals surface area contributed by atoms with Gasteiger partial charge in [0.15, 0.2) is 0 Å². The standard InChI is InChI=1S/C19H23N3O3S/c1-14(2)20-21-19(23)13-22(17-9-5-15(3)6-10-17)26(24,25)18-11-7-16(4)8-12-18/h5-12H,13H2,1-4H3,(H,21,23). The Morgan fingerprint density at radius 2 is 1.46 bits per heavy atom. The number of hydrazone groups is 1. The quantitative estimate of drug-likeness (QED) is 0.624. The van der Waals surface area contributed by atoms with Gasteiger partial charge in [0.05, 0.1) is 10.6 Å². The lowest BCUT2D eigenvalue weighted by Crippen LogP contribution is -2.39. The minimum Gasteiger partial charge on any atom is -0.271 e. The number of sulfonamides is 1. The predicted octanol–water partition coefficient (Wildman–Crippen LogP) is 3.01. The van der Waals surface area contributed by atoms with E-state index in [2.05, 4.69) is 10.5 Å². The van der Waals surface area contributed by atoms with Crippen LogP contribution in [0.3, 0.4) is 0 Å². The number of rotatable bonds is 6. The van der Waals surface area contributed by atoms with Crippen molar-refractivity contribution in [2.75, 3.05) is 10.8 Å². The second kappa shape index (κ2) is 8.14. The molecule has 138 valence electrons. The highest BCUT2D eigenvalue weighted by molar-refractivity contribution is 7.92. The van der Waals surface area contributed by atoms with E-state index in [4.69, 9.17) is 0 Å². The first kappa shape index (κ1) is 19.7. The van der Waals surface area contributed by atoms with Crippen LogP contribution in [-0.2, 0) is 14.8 Å². The van der Waals surface area contributed by atoms with Crippen molar-refractivity contribution in [1.82, 2.24) is 5.43 Å². The summed E-state index contributed by atoms with van der Waals surface area (Å²) in [6.07, 6.45) is 0. The Labute approximate surface area is 154 Å². The van der Waals surface area contributed by atoms with E-state index < -0.39 is 15.9 Å². The molecule has 0 spiro atoms. The first-order valence-corrected chi connectivity index (χ1v) is 9.60. The van der Waals surface area contributed by atoms with E-state index in [1.807, 2.05) is 13.8 Å². The Bertz CT molecular complexity index is 898. The van der Waals surface area contributed by atoms with Crippen molar-refractivity contribution in [3.63, 3.8) is 0 Å². The fraction of sp³-hybridized carbons (Fsp3) is 0.263. The van der Waals surface area contributed by atoms with Crippen LogP contribution in [0.25, 0.3) is 0 Å². The summed E-state index contributed by atoms with van der Waals surface area (Å²) in [7, 11) is -3.89. The normalized spacial score (nSPS) is 10.9. The third-order valence-electron chi connectivity index (χ3n) is 3.62. The maximum Gasteiger partial charge on any atom is 0.264 e. The molecular formula is C19H23N3O3S. The zero-order valence-corrected chi connectivity index (χ0v) is 16.2. The third kappa shape index (κ3) is 4.92. The van der Waals surface area contributed by atoms with Crippen molar-refractivity contribution in [3.05, 3.63) is 59.7 Å². The maximum absolute atomic E-state index is 13.1. The van der Waals surface area contributed by atoms with Crippen molar-refractivity contribution < 1.29 is 13.2 Å². The monoisotopic (exact) mass is 373 g/mol. The van der Waals surface area contributed by atoms with Gasteiger partial charge in [-0.25, -0.2) is 13.8 Å². The van der Waals surface area contributed by atoms with E-state index in [1.165, 1.54) is 12.1 Å². The van der Waals surface area contributed by atoms with Gasteiger partial charge in [-0.1, -0.05) is 35.4 Å². The SMILES string of the molecule is CC(C)=NNC(=O)CN(c1ccc(C)cc1)S(=O)(=O)c1ccc(C)cc1. The maximum atomic E-state index is 13.1. The van der Waals surface area contributed by atoms with E-state index >= 15 is 0 Å². The highest BCUT2D eigenvalue weighted by Crippen LogP contribution is 2.24. The predicted molar refractivity (Wildman–Crippen MR) is 104 cm³/mol. The first-order valence-electron chi connectivity index (χ1n) is 8.16. The fourth-order valence-corrected chi connectivity index (χ4v) is 3.62. The number of carbonyl (C=O) groups is 1. The topological polar surface area (TPSA) is 78.8 Å². The van der Waals surface area contributed by atoms with Crippen LogP contribution in [0, 0.1) is 13.8 Å². The number of amides is 1. The number of aryl methyl sites for hydroxylation is 2. The van der Waals surface area contributed by atoms with Crippen molar-refractivity contribution in [3.8, 4) is 0 Å². The number of benzene rings is 2. The van der Waals surface area contributed by atoms with Crippen LogP contribution in [0.4, 0.5) is 5.69 Å². The summed E-state index contributed by atoms with van der Waals surface area (Å²) in [4.78, 5) is 12.3. The molecule has 0 saturated heterocycles. The van der Waals surface area contributed by atoms with E-state index in [9.17, 15) is 13.2 Å². The molecule has 0 unspecified atom stereocenters. The average molecular weight is 373 g/mol. The summed E-state index contributed by atoms with van der Waals surface area (Å²) in [5, 5.41) is 3.85. The van der Waals surface area contributed by atoms with Crippen LogP contribution in [0.5, 0.6) is 0 Å². The fourth-order valence-electron chi connectivity index (χ4n) is 2.20. The molecule has 6 nitrogen and oxygen atoms in total. The Morgan fingerprint density at radius 1 is 0.962 bits per heavy atom. The van der Waals surface area contributed by atoms with Crippen molar-refractivity contribution >= 4 is 27.3 Å². The van der Waals surface area contributed by atoms with Crippen molar-refractivity contribution in [1.29, 1.82) is 0 Å². The van der Waals surface area contributed by atoms with E-state index in [0.717, 1.165) is 15.4 Å². The lowest BCUT2D eigenvalue weighted by molar-refractivity contribution is -0.119. The number of nitrogens with zero attached hydrogens (tertiary/aromatic N) is 2. The summed E-state index contributed by atoms with van der Waals surface area (Å²) in [6.45, 7) is 6.90. The number of anilines is 1. The Morgan fingerprint density at radius 3 is 1.96 bits per heavy atom. The highest BCUT2D eigenvalue weighted by Gasteiger charge is 2.27. The van der Waals surface area contributed by atoms with Gasteiger partial charge in [0.2, 0.25) is 0 Å². The molecule has 26 heavy (non-hydrogen) atoms. The Balaban J connectivity index is 2.42. The zero-order chi connectivity index (χ0) is 19.3. The summed E-state index contributed by atoms with van der Waals surface area (Å²) >= 11 is 0. The summed E-state index contributed by atoms with van der Waals surface area (Å²) in [6, 6.07) is 13.5. The van der Waals surface area contributed by atoms with Crippen LogP contribution < -0.4 is 9.73 Å². The number of hydrogen-bond acceptors (Lipinski definition) is 4. The zero-order valence-electron chi connectivity index (χ0n) is 15.4. The van der Waals surface area contributed by atoms with Gasteiger partial charge in [-0.3, -0.25) is 9.10 Å². The number of nitrogens with one attached hydrogen (secondary N) is 1. The molecule has 2 aromatic rings.